The molecule has 0 saturated heterocycles. The van der Waals surface area contributed by atoms with Crippen LogP contribution in [0, 0.1) is 5.92 Å². The van der Waals surface area contributed by atoms with Crippen LogP contribution in [-0.2, 0) is 19.4 Å². The standard InChI is InChI=1S/C15H20BrN3O/c1-2-7-19-15(17-11-18-19)9-12(10-20)8-13-5-3-4-6-14(13)16/h3-6,11-12,20H,2,7-10H2,1H3. The van der Waals surface area contributed by atoms with E-state index in [1.165, 1.54) is 5.56 Å². The van der Waals surface area contributed by atoms with Crippen molar-refractivity contribution in [2.75, 3.05) is 6.61 Å². The lowest BCUT2D eigenvalue weighted by Crippen LogP contribution is -2.17. The molecule has 1 unspecified atom stereocenters. The quantitative estimate of drug-likeness (QED) is 0.845. The number of hydrogen-bond donors (Lipinski definition) is 1. The summed E-state index contributed by atoms with van der Waals surface area (Å²) in [6, 6.07) is 8.14. The average Bonchev–Trinajstić information content (AvgIpc) is 2.88. The molecule has 0 radical (unpaired) electrons. The molecule has 1 aromatic carbocycles. The van der Waals surface area contributed by atoms with Gasteiger partial charge in [-0.15, -0.1) is 0 Å². The molecule has 5 heteroatoms. The summed E-state index contributed by atoms with van der Waals surface area (Å²) in [7, 11) is 0. The Labute approximate surface area is 128 Å². The van der Waals surface area contributed by atoms with Gasteiger partial charge in [0.05, 0.1) is 0 Å². The minimum absolute atomic E-state index is 0.153. The van der Waals surface area contributed by atoms with Gasteiger partial charge in [-0.05, 0) is 30.4 Å². The van der Waals surface area contributed by atoms with E-state index in [0.717, 1.165) is 36.1 Å². The highest BCUT2D eigenvalue weighted by Gasteiger charge is 2.15. The average molecular weight is 338 g/mol. The van der Waals surface area contributed by atoms with Gasteiger partial charge in [-0.2, -0.15) is 5.10 Å². The third-order valence-electron chi connectivity index (χ3n) is 3.33. The normalized spacial score (nSPS) is 12.6. The van der Waals surface area contributed by atoms with E-state index in [0.29, 0.717) is 0 Å². The van der Waals surface area contributed by atoms with Gasteiger partial charge >= 0.3 is 0 Å². The number of rotatable bonds is 7. The van der Waals surface area contributed by atoms with E-state index >= 15 is 0 Å². The van der Waals surface area contributed by atoms with Gasteiger partial charge in [0.2, 0.25) is 0 Å². The zero-order chi connectivity index (χ0) is 14.4. The van der Waals surface area contributed by atoms with E-state index in [4.69, 9.17) is 0 Å². The Bertz CT molecular complexity index is 541. The van der Waals surface area contributed by atoms with Crippen LogP contribution < -0.4 is 0 Å². The Morgan fingerprint density at radius 3 is 2.80 bits per heavy atom. The Balaban J connectivity index is 2.05. The Morgan fingerprint density at radius 1 is 1.30 bits per heavy atom. The summed E-state index contributed by atoms with van der Waals surface area (Å²) in [6.45, 7) is 3.15. The molecular formula is C15H20BrN3O. The van der Waals surface area contributed by atoms with Gasteiger partial charge in [0.15, 0.2) is 0 Å². The fourth-order valence-corrected chi connectivity index (χ4v) is 2.73. The van der Waals surface area contributed by atoms with Crippen LogP contribution >= 0.6 is 15.9 Å². The Morgan fingerprint density at radius 2 is 2.10 bits per heavy atom. The van der Waals surface area contributed by atoms with Crippen molar-refractivity contribution in [2.24, 2.45) is 5.92 Å². The third kappa shape index (κ3) is 3.90. The van der Waals surface area contributed by atoms with E-state index in [-0.39, 0.29) is 12.5 Å². The molecule has 1 heterocycles. The molecule has 1 aromatic heterocycles. The molecule has 0 bridgehead atoms. The van der Waals surface area contributed by atoms with Crippen LogP contribution in [0.15, 0.2) is 35.1 Å². The predicted octanol–water partition coefficient (Wildman–Crippen LogP) is 2.84. The number of aliphatic hydroxyl groups is 1. The molecule has 0 aliphatic heterocycles. The Hall–Kier alpha value is -1.20. The number of benzene rings is 1. The van der Waals surface area contributed by atoms with Crippen molar-refractivity contribution in [2.45, 2.75) is 32.7 Å². The summed E-state index contributed by atoms with van der Waals surface area (Å²) in [4.78, 5) is 4.32. The van der Waals surface area contributed by atoms with Crippen molar-refractivity contribution < 1.29 is 5.11 Å². The minimum atomic E-state index is 0.153. The summed E-state index contributed by atoms with van der Waals surface area (Å²) in [5.41, 5.74) is 1.22. The van der Waals surface area contributed by atoms with Crippen LogP contribution in [0.3, 0.4) is 0 Å². The van der Waals surface area contributed by atoms with E-state index < -0.39 is 0 Å². The van der Waals surface area contributed by atoms with E-state index in [1.54, 1.807) is 6.33 Å². The number of nitrogens with zero attached hydrogens (tertiary/aromatic N) is 3. The van der Waals surface area contributed by atoms with Gasteiger partial charge in [-0.25, -0.2) is 4.98 Å². The van der Waals surface area contributed by atoms with Crippen molar-refractivity contribution in [3.63, 3.8) is 0 Å². The summed E-state index contributed by atoms with van der Waals surface area (Å²) < 4.78 is 3.02. The molecule has 0 fully saturated rings. The molecule has 2 aromatic rings. The first-order chi connectivity index (χ1) is 9.74. The smallest absolute Gasteiger partial charge is 0.138 e. The van der Waals surface area contributed by atoms with Crippen molar-refractivity contribution in [3.8, 4) is 0 Å². The third-order valence-corrected chi connectivity index (χ3v) is 4.10. The lowest BCUT2D eigenvalue weighted by atomic mass is 9.96. The second-order valence-electron chi connectivity index (χ2n) is 4.95. The first-order valence-electron chi connectivity index (χ1n) is 6.95. The summed E-state index contributed by atoms with van der Waals surface area (Å²) in [6.07, 6.45) is 4.21. The van der Waals surface area contributed by atoms with Gasteiger partial charge in [-0.1, -0.05) is 41.1 Å². The molecule has 1 N–H and O–H groups in total. The lowest BCUT2D eigenvalue weighted by molar-refractivity contribution is 0.221. The van der Waals surface area contributed by atoms with Crippen LogP contribution in [-0.4, -0.2) is 26.5 Å². The highest BCUT2D eigenvalue weighted by molar-refractivity contribution is 9.10. The van der Waals surface area contributed by atoms with Gasteiger partial charge in [-0.3, -0.25) is 4.68 Å². The molecule has 0 spiro atoms. The van der Waals surface area contributed by atoms with Crippen molar-refractivity contribution in [1.82, 2.24) is 14.8 Å². The van der Waals surface area contributed by atoms with Crippen LogP contribution in [0.2, 0.25) is 0 Å². The summed E-state index contributed by atoms with van der Waals surface area (Å²) in [5.74, 6) is 1.12. The molecular weight excluding hydrogens is 318 g/mol. The van der Waals surface area contributed by atoms with Gasteiger partial charge < -0.3 is 5.11 Å². The molecule has 0 amide bonds. The van der Waals surface area contributed by atoms with E-state index in [1.807, 2.05) is 22.9 Å². The number of halogens is 1. The lowest BCUT2D eigenvalue weighted by Gasteiger charge is -2.15. The number of hydrogen-bond acceptors (Lipinski definition) is 3. The molecule has 1 atom stereocenters. The topological polar surface area (TPSA) is 50.9 Å². The molecule has 0 aliphatic carbocycles. The van der Waals surface area contributed by atoms with Gasteiger partial charge in [0.1, 0.15) is 12.2 Å². The number of aliphatic hydroxyl groups excluding tert-OH is 1. The molecule has 108 valence electrons. The largest absolute Gasteiger partial charge is 0.396 e. The summed E-state index contributed by atoms with van der Waals surface area (Å²) >= 11 is 3.56. The van der Waals surface area contributed by atoms with E-state index in [9.17, 15) is 5.11 Å². The second-order valence-corrected chi connectivity index (χ2v) is 5.80. The predicted molar refractivity (Wildman–Crippen MR) is 82.4 cm³/mol. The zero-order valence-corrected chi connectivity index (χ0v) is 13.3. The summed E-state index contributed by atoms with van der Waals surface area (Å²) in [5, 5.41) is 13.9. The SMILES string of the molecule is CCCn1ncnc1CC(CO)Cc1ccccc1Br. The maximum Gasteiger partial charge on any atom is 0.138 e. The minimum Gasteiger partial charge on any atom is -0.396 e. The van der Waals surface area contributed by atoms with Crippen molar-refractivity contribution in [3.05, 3.63) is 46.5 Å². The molecule has 4 nitrogen and oxygen atoms in total. The van der Waals surface area contributed by atoms with Gasteiger partial charge in [0, 0.05) is 24.0 Å². The molecule has 2 rings (SSSR count). The van der Waals surface area contributed by atoms with Crippen LogP contribution in [0.25, 0.3) is 0 Å². The highest BCUT2D eigenvalue weighted by Crippen LogP contribution is 2.21. The van der Waals surface area contributed by atoms with Gasteiger partial charge in [0.25, 0.3) is 0 Å². The van der Waals surface area contributed by atoms with Crippen LogP contribution in [0.1, 0.15) is 24.7 Å². The highest BCUT2D eigenvalue weighted by atomic mass is 79.9. The van der Waals surface area contributed by atoms with E-state index in [2.05, 4.69) is 39.0 Å². The molecule has 0 aliphatic rings. The van der Waals surface area contributed by atoms with Crippen molar-refractivity contribution in [1.29, 1.82) is 0 Å². The van der Waals surface area contributed by atoms with Crippen LogP contribution in [0.4, 0.5) is 0 Å². The fraction of sp³-hybridized carbons (Fsp3) is 0.467. The molecule has 20 heavy (non-hydrogen) atoms. The fourth-order valence-electron chi connectivity index (χ4n) is 2.28. The van der Waals surface area contributed by atoms with Crippen molar-refractivity contribution >= 4 is 15.9 Å². The monoisotopic (exact) mass is 337 g/mol. The van der Waals surface area contributed by atoms with Crippen LogP contribution in [0.5, 0.6) is 0 Å². The Kier molecular flexibility index (Phi) is 5.73. The number of aryl methyl sites for hydroxylation is 1. The second kappa shape index (κ2) is 7.55. The molecule has 0 saturated carbocycles. The first kappa shape index (κ1) is 15.2. The first-order valence-corrected chi connectivity index (χ1v) is 7.74. The zero-order valence-electron chi connectivity index (χ0n) is 11.7. The maximum atomic E-state index is 9.63. The maximum absolute atomic E-state index is 9.63. The number of aromatic nitrogens is 3.